The second kappa shape index (κ2) is 6.64. The van der Waals surface area contributed by atoms with Gasteiger partial charge in [-0.2, -0.15) is 0 Å². The first-order valence-corrected chi connectivity index (χ1v) is 9.33. The fourth-order valence-corrected chi connectivity index (χ4v) is 4.49. The smallest absolute Gasteiger partial charge is 0.250 e. The van der Waals surface area contributed by atoms with Crippen molar-refractivity contribution in [3.63, 3.8) is 0 Å². The minimum atomic E-state index is 0.124. The van der Waals surface area contributed by atoms with Crippen molar-refractivity contribution >= 4 is 17.3 Å². The van der Waals surface area contributed by atoms with Crippen molar-refractivity contribution in [2.75, 3.05) is 13.1 Å². The molecule has 4 nitrogen and oxygen atoms in total. The van der Waals surface area contributed by atoms with Crippen LogP contribution in [0.5, 0.6) is 0 Å². The second-order valence-corrected chi connectivity index (χ2v) is 7.57. The van der Waals surface area contributed by atoms with E-state index in [1.807, 2.05) is 16.7 Å². The van der Waals surface area contributed by atoms with Gasteiger partial charge in [-0.1, -0.05) is 36.4 Å². The van der Waals surface area contributed by atoms with E-state index in [0.29, 0.717) is 11.8 Å². The maximum atomic E-state index is 12.1. The molecular weight excluding hydrogens is 330 g/mol. The fraction of sp³-hybridized carbons (Fsp3) is 0.400. The Morgan fingerprint density at radius 1 is 1.12 bits per heavy atom. The number of thiocarbonyl (C=S) groups is 1. The van der Waals surface area contributed by atoms with Gasteiger partial charge in [0, 0.05) is 37.3 Å². The molecule has 4 rings (SSSR count). The molecule has 1 fully saturated rings. The Labute approximate surface area is 153 Å². The lowest BCUT2D eigenvalue weighted by Gasteiger charge is -2.44. The van der Waals surface area contributed by atoms with Crippen molar-refractivity contribution in [1.82, 2.24) is 14.8 Å². The molecule has 0 radical (unpaired) electrons. The number of likely N-dealkylation sites (tertiary alicyclic amines) is 1. The largest absolute Gasteiger partial charge is 0.356 e. The Hall–Kier alpha value is -2.14. The molecule has 25 heavy (non-hydrogen) atoms. The highest BCUT2D eigenvalue weighted by molar-refractivity contribution is 7.80. The number of fused-ring (bicyclic) bond motifs is 4. The van der Waals surface area contributed by atoms with E-state index < -0.39 is 0 Å². The standard InChI is InChI=1S/C20H23N3OS/c1-14(16-6-3-2-4-7-16)21-20(25)22-11-15-10-17(13-22)18-8-5-9-19(24)23(18)12-15/h2-9,14-15,17H,10-13H2,1H3,(H,21,25)/t14-,15+,17+/m1/s1. The van der Waals surface area contributed by atoms with Gasteiger partial charge in [0.1, 0.15) is 0 Å². The number of hydrogen-bond acceptors (Lipinski definition) is 2. The van der Waals surface area contributed by atoms with Crippen LogP contribution in [0.2, 0.25) is 0 Å². The molecule has 0 unspecified atom stereocenters. The summed E-state index contributed by atoms with van der Waals surface area (Å²) in [4.78, 5) is 14.4. The molecule has 0 spiro atoms. The molecule has 2 aliphatic heterocycles. The summed E-state index contributed by atoms with van der Waals surface area (Å²) in [5.74, 6) is 0.867. The molecule has 2 aromatic rings. The Bertz CT molecular complexity index is 832. The van der Waals surface area contributed by atoms with Gasteiger partial charge in [0.2, 0.25) is 0 Å². The van der Waals surface area contributed by atoms with Crippen LogP contribution < -0.4 is 10.9 Å². The highest BCUT2D eigenvalue weighted by Gasteiger charge is 2.35. The third-order valence-electron chi connectivity index (χ3n) is 5.41. The normalized spacial score (nSPS) is 22.8. The zero-order valence-corrected chi connectivity index (χ0v) is 15.2. The lowest BCUT2D eigenvalue weighted by atomic mass is 9.83. The summed E-state index contributed by atoms with van der Waals surface area (Å²) in [6, 6.07) is 16.2. The average molecular weight is 353 g/mol. The van der Waals surface area contributed by atoms with Gasteiger partial charge >= 0.3 is 0 Å². The van der Waals surface area contributed by atoms with Crippen LogP contribution in [0.1, 0.15) is 36.6 Å². The summed E-state index contributed by atoms with van der Waals surface area (Å²) in [7, 11) is 0. The first-order valence-electron chi connectivity index (χ1n) is 8.92. The van der Waals surface area contributed by atoms with Crippen LogP contribution in [0.3, 0.4) is 0 Å². The highest BCUT2D eigenvalue weighted by Crippen LogP contribution is 2.35. The molecule has 5 heteroatoms. The van der Waals surface area contributed by atoms with Gasteiger partial charge in [0.25, 0.3) is 5.56 Å². The molecule has 2 bridgehead atoms. The van der Waals surface area contributed by atoms with Crippen LogP contribution in [0.25, 0.3) is 0 Å². The van der Waals surface area contributed by atoms with Crippen molar-refractivity contribution in [1.29, 1.82) is 0 Å². The third kappa shape index (κ3) is 3.21. The van der Waals surface area contributed by atoms with Gasteiger partial charge in [-0.15, -0.1) is 0 Å². The molecule has 130 valence electrons. The van der Waals surface area contributed by atoms with E-state index in [1.165, 1.54) is 5.56 Å². The molecule has 0 saturated carbocycles. The number of aromatic nitrogens is 1. The maximum Gasteiger partial charge on any atom is 0.250 e. The molecular formula is C20H23N3OS. The predicted octanol–water partition coefficient (Wildman–Crippen LogP) is 2.90. The van der Waals surface area contributed by atoms with Crippen molar-refractivity contribution in [2.24, 2.45) is 5.92 Å². The zero-order valence-electron chi connectivity index (χ0n) is 14.4. The second-order valence-electron chi connectivity index (χ2n) is 7.18. The molecule has 2 aliphatic rings. The third-order valence-corrected chi connectivity index (χ3v) is 5.78. The molecule has 3 atom stereocenters. The van der Waals surface area contributed by atoms with Crippen molar-refractivity contribution in [3.8, 4) is 0 Å². The van der Waals surface area contributed by atoms with E-state index in [1.54, 1.807) is 6.07 Å². The number of pyridine rings is 1. The molecule has 1 aromatic carbocycles. The zero-order chi connectivity index (χ0) is 17.4. The number of nitrogens with zero attached hydrogens (tertiary/aromatic N) is 2. The Kier molecular flexibility index (Phi) is 4.34. The van der Waals surface area contributed by atoms with Crippen LogP contribution in [-0.2, 0) is 6.54 Å². The molecule has 1 aromatic heterocycles. The molecule has 1 N–H and O–H groups in total. The topological polar surface area (TPSA) is 37.3 Å². The van der Waals surface area contributed by atoms with Gasteiger partial charge < -0.3 is 14.8 Å². The monoisotopic (exact) mass is 353 g/mol. The number of hydrogen-bond donors (Lipinski definition) is 1. The lowest BCUT2D eigenvalue weighted by Crippen LogP contribution is -2.52. The van der Waals surface area contributed by atoms with Gasteiger partial charge in [0.15, 0.2) is 5.11 Å². The van der Waals surface area contributed by atoms with Gasteiger partial charge in [0.05, 0.1) is 6.04 Å². The molecule has 0 aliphatic carbocycles. The number of benzene rings is 1. The first kappa shape index (κ1) is 16.3. The summed E-state index contributed by atoms with van der Waals surface area (Å²) >= 11 is 5.70. The van der Waals surface area contributed by atoms with E-state index in [2.05, 4.69) is 47.5 Å². The fourth-order valence-electron chi connectivity index (χ4n) is 4.16. The molecule has 0 amide bonds. The van der Waals surface area contributed by atoms with E-state index in [0.717, 1.165) is 36.9 Å². The highest BCUT2D eigenvalue weighted by atomic mass is 32.1. The van der Waals surface area contributed by atoms with Crippen molar-refractivity contribution < 1.29 is 0 Å². The van der Waals surface area contributed by atoms with Crippen LogP contribution in [0.15, 0.2) is 53.3 Å². The summed E-state index contributed by atoms with van der Waals surface area (Å²) in [6.07, 6.45) is 1.15. The van der Waals surface area contributed by atoms with E-state index in [-0.39, 0.29) is 11.6 Å². The van der Waals surface area contributed by atoms with Gasteiger partial charge in [-0.3, -0.25) is 4.79 Å². The number of piperidine rings is 1. The molecule has 3 heterocycles. The maximum absolute atomic E-state index is 12.1. The van der Waals surface area contributed by atoms with Crippen molar-refractivity contribution in [3.05, 3.63) is 70.1 Å². The van der Waals surface area contributed by atoms with E-state index in [9.17, 15) is 4.79 Å². The summed E-state index contributed by atoms with van der Waals surface area (Å²) < 4.78 is 1.96. The van der Waals surface area contributed by atoms with E-state index >= 15 is 0 Å². The Morgan fingerprint density at radius 2 is 1.92 bits per heavy atom. The summed E-state index contributed by atoms with van der Waals surface area (Å²) in [6.45, 7) is 4.75. The molecule has 1 saturated heterocycles. The SMILES string of the molecule is C[C@@H](NC(=S)N1C[C@@H]2C[C@@H](C1)c1cccc(=O)n1C2)c1ccccc1. The Morgan fingerprint density at radius 3 is 2.72 bits per heavy atom. The van der Waals surface area contributed by atoms with Crippen LogP contribution in [0.4, 0.5) is 0 Å². The summed E-state index contributed by atoms with van der Waals surface area (Å²) in [5.41, 5.74) is 2.52. The lowest BCUT2D eigenvalue weighted by molar-refractivity contribution is 0.176. The average Bonchev–Trinajstić information content (AvgIpc) is 2.63. The van der Waals surface area contributed by atoms with Crippen molar-refractivity contribution in [2.45, 2.75) is 31.8 Å². The van der Waals surface area contributed by atoms with Crippen LogP contribution in [-0.4, -0.2) is 27.7 Å². The summed E-state index contributed by atoms with van der Waals surface area (Å²) in [5, 5.41) is 4.30. The van der Waals surface area contributed by atoms with E-state index in [4.69, 9.17) is 12.2 Å². The van der Waals surface area contributed by atoms with Gasteiger partial charge in [-0.25, -0.2) is 0 Å². The number of nitrogens with one attached hydrogen (secondary N) is 1. The van der Waals surface area contributed by atoms with Crippen LogP contribution >= 0.6 is 12.2 Å². The minimum Gasteiger partial charge on any atom is -0.356 e. The minimum absolute atomic E-state index is 0.124. The van der Waals surface area contributed by atoms with Crippen LogP contribution in [0, 0.1) is 5.92 Å². The van der Waals surface area contributed by atoms with Gasteiger partial charge in [-0.05, 0) is 43.1 Å². The Balaban J connectivity index is 1.48. The number of rotatable bonds is 2. The first-order chi connectivity index (χ1) is 12.1. The predicted molar refractivity (Wildman–Crippen MR) is 104 cm³/mol. The quantitative estimate of drug-likeness (QED) is 0.843.